The molecule has 3 aromatic rings. The van der Waals surface area contributed by atoms with Gasteiger partial charge in [0.15, 0.2) is 0 Å². The molecule has 1 fully saturated rings. The third-order valence-corrected chi connectivity index (χ3v) is 5.62. The Morgan fingerprint density at radius 1 is 0.833 bits per heavy atom. The predicted molar refractivity (Wildman–Crippen MR) is 120 cm³/mol. The molecule has 1 saturated heterocycles. The lowest BCUT2D eigenvalue weighted by Crippen LogP contribution is -2.37. The first-order chi connectivity index (χ1) is 14.8. The number of ether oxygens (including phenoxy) is 1. The number of nitrogens with zero attached hydrogens (tertiary/aromatic N) is 1. The van der Waals surface area contributed by atoms with Crippen molar-refractivity contribution in [1.29, 1.82) is 0 Å². The van der Waals surface area contributed by atoms with Crippen molar-refractivity contribution < 1.29 is 9.53 Å². The third-order valence-electron chi connectivity index (χ3n) is 5.62. The highest BCUT2D eigenvalue weighted by Crippen LogP contribution is 2.18. The highest BCUT2D eigenvalue weighted by molar-refractivity contribution is 5.85. The van der Waals surface area contributed by atoms with Crippen molar-refractivity contribution in [3.63, 3.8) is 0 Å². The fourth-order valence-corrected chi connectivity index (χ4v) is 3.94. The Morgan fingerprint density at radius 3 is 2.40 bits per heavy atom. The van der Waals surface area contributed by atoms with Crippen molar-refractivity contribution >= 4 is 16.8 Å². The Hall–Kier alpha value is -2.89. The van der Waals surface area contributed by atoms with E-state index in [9.17, 15) is 4.79 Å². The lowest BCUT2D eigenvalue weighted by Gasteiger charge is -2.27. The molecule has 5 nitrogen and oxygen atoms in total. The number of morpholine rings is 1. The van der Waals surface area contributed by atoms with Gasteiger partial charge in [-0.05, 0) is 33.9 Å². The van der Waals surface area contributed by atoms with Gasteiger partial charge in [-0.2, -0.15) is 0 Å². The zero-order chi connectivity index (χ0) is 20.6. The van der Waals surface area contributed by atoms with E-state index in [0.717, 1.165) is 44.8 Å². The molecule has 3 aromatic carbocycles. The van der Waals surface area contributed by atoms with Crippen LogP contribution in [-0.4, -0.2) is 43.8 Å². The summed E-state index contributed by atoms with van der Waals surface area (Å²) in [7, 11) is 0. The van der Waals surface area contributed by atoms with Crippen LogP contribution in [0, 0.1) is 0 Å². The number of rotatable bonds is 7. The molecule has 30 heavy (non-hydrogen) atoms. The molecule has 0 aliphatic carbocycles. The van der Waals surface area contributed by atoms with Crippen LogP contribution in [0.1, 0.15) is 16.7 Å². The van der Waals surface area contributed by atoms with Crippen LogP contribution in [-0.2, 0) is 24.2 Å². The number of hydrogen-bond donors (Lipinski definition) is 2. The van der Waals surface area contributed by atoms with E-state index in [1.807, 2.05) is 6.07 Å². The molecule has 0 aromatic heterocycles. The van der Waals surface area contributed by atoms with Crippen molar-refractivity contribution in [3.05, 3.63) is 83.4 Å². The normalized spacial score (nSPS) is 14.5. The average Bonchev–Trinajstić information content (AvgIpc) is 2.79. The molecule has 1 heterocycles. The van der Waals surface area contributed by atoms with Crippen molar-refractivity contribution in [2.24, 2.45) is 0 Å². The smallest absolute Gasteiger partial charge is 0.315 e. The second-order valence-electron chi connectivity index (χ2n) is 7.65. The summed E-state index contributed by atoms with van der Waals surface area (Å²) in [5.74, 6) is 0. The van der Waals surface area contributed by atoms with E-state index in [1.54, 1.807) is 0 Å². The van der Waals surface area contributed by atoms with Crippen LogP contribution < -0.4 is 10.6 Å². The van der Waals surface area contributed by atoms with E-state index in [1.165, 1.54) is 21.9 Å². The van der Waals surface area contributed by atoms with Crippen LogP contribution in [0.3, 0.4) is 0 Å². The Morgan fingerprint density at radius 2 is 1.53 bits per heavy atom. The molecule has 0 radical (unpaired) electrons. The van der Waals surface area contributed by atoms with Crippen molar-refractivity contribution in [1.82, 2.24) is 15.5 Å². The van der Waals surface area contributed by atoms with E-state index in [-0.39, 0.29) is 6.03 Å². The molecular weight excluding hydrogens is 374 g/mol. The minimum atomic E-state index is -0.128. The van der Waals surface area contributed by atoms with Crippen LogP contribution in [0.2, 0.25) is 0 Å². The van der Waals surface area contributed by atoms with Gasteiger partial charge in [0, 0.05) is 32.7 Å². The maximum Gasteiger partial charge on any atom is 0.315 e. The predicted octanol–water partition coefficient (Wildman–Crippen LogP) is 3.71. The summed E-state index contributed by atoms with van der Waals surface area (Å²) >= 11 is 0. The Labute approximate surface area is 178 Å². The number of hydrogen-bond acceptors (Lipinski definition) is 3. The summed E-state index contributed by atoms with van der Waals surface area (Å²) in [4.78, 5) is 14.7. The lowest BCUT2D eigenvalue weighted by atomic mass is 10.0. The number of benzene rings is 3. The van der Waals surface area contributed by atoms with Crippen LogP contribution in [0.15, 0.2) is 66.7 Å². The van der Waals surface area contributed by atoms with E-state index in [0.29, 0.717) is 13.1 Å². The zero-order valence-corrected chi connectivity index (χ0v) is 17.3. The Kier molecular flexibility index (Phi) is 6.95. The number of fused-ring (bicyclic) bond motifs is 1. The molecule has 156 valence electrons. The number of carbonyl (C=O) groups excluding carboxylic acids is 1. The van der Waals surface area contributed by atoms with Gasteiger partial charge in [0.2, 0.25) is 0 Å². The summed E-state index contributed by atoms with van der Waals surface area (Å²) < 4.78 is 5.43. The molecule has 0 saturated carbocycles. The minimum Gasteiger partial charge on any atom is -0.379 e. The van der Waals surface area contributed by atoms with Gasteiger partial charge in [0.25, 0.3) is 0 Å². The van der Waals surface area contributed by atoms with E-state index in [2.05, 4.69) is 76.2 Å². The van der Waals surface area contributed by atoms with Crippen LogP contribution >= 0.6 is 0 Å². The van der Waals surface area contributed by atoms with Gasteiger partial charge >= 0.3 is 6.03 Å². The fraction of sp³-hybridized carbons (Fsp3) is 0.320. The first-order valence-electron chi connectivity index (χ1n) is 10.6. The Balaban J connectivity index is 1.27. The third kappa shape index (κ3) is 5.38. The van der Waals surface area contributed by atoms with Crippen LogP contribution in [0.4, 0.5) is 4.79 Å². The largest absolute Gasteiger partial charge is 0.379 e. The van der Waals surface area contributed by atoms with E-state index < -0.39 is 0 Å². The summed E-state index contributed by atoms with van der Waals surface area (Å²) in [6.07, 6.45) is 0.808. The summed E-state index contributed by atoms with van der Waals surface area (Å²) in [6.45, 7) is 5.52. The van der Waals surface area contributed by atoms with E-state index in [4.69, 9.17) is 4.74 Å². The quantitative estimate of drug-likeness (QED) is 0.632. The van der Waals surface area contributed by atoms with Crippen molar-refractivity contribution in [2.75, 3.05) is 32.8 Å². The molecule has 1 aliphatic rings. The second kappa shape index (κ2) is 10.2. The summed E-state index contributed by atoms with van der Waals surface area (Å²) in [6, 6.07) is 22.9. The fourth-order valence-electron chi connectivity index (χ4n) is 3.94. The maximum atomic E-state index is 12.3. The molecule has 0 spiro atoms. The van der Waals surface area contributed by atoms with Gasteiger partial charge in [-0.3, -0.25) is 4.90 Å². The molecule has 0 atom stereocenters. The molecule has 0 bridgehead atoms. The molecule has 2 N–H and O–H groups in total. The SMILES string of the molecule is O=C(NCCc1cccc2ccccc12)NCc1ccccc1CN1CCOCC1. The molecule has 2 amide bonds. The monoisotopic (exact) mass is 403 g/mol. The number of carbonyl (C=O) groups is 1. The lowest BCUT2D eigenvalue weighted by molar-refractivity contribution is 0.0341. The topological polar surface area (TPSA) is 53.6 Å². The number of nitrogens with one attached hydrogen (secondary N) is 2. The number of urea groups is 1. The van der Waals surface area contributed by atoms with Gasteiger partial charge in [0.05, 0.1) is 13.2 Å². The standard InChI is InChI=1S/C25H29N3O2/c29-25(26-13-12-21-10-5-9-20-6-3-4-11-24(20)21)27-18-22-7-1-2-8-23(22)19-28-14-16-30-17-15-28/h1-11H,12-19H2,(H2,26,27,29). The molecule has 4 rings (SSSR count). The average molecular weight is 404 g/mol. The van der Waals surface area contributed by atoms with Crippen LogP contribution in [0.25, 0.3) is 10.8 Å². The van der Waals surface area contributed by atoms with Crippen LogP contribution in [0.5, 0.6) is 0 Å². The highest BCUT2D eigenvalue weighted by atomic mass is 16.5. The molecule has 1 aliphatic heterocycles. The van der Waals surface area contributed by atoms with Gasteiger partial charge in [-0.25, -0.2) is 4.79 Å². The number of amides is 2. The van der Waals surface area contributed by atoms with Gasteiger partial charge in [-0.1, -0.05) is 66.7 Å². The second-order valence-corrected chi connectivity index (χ2v) is 7.65. The van der Waals surface area contributed by atoms with Gasteiger partial charge in [0.1, 0.15) is 0 Å². The molecule has 0 unspecified atom stereocenters. The highest BCUT2D eigenvalue weighted by Gasteiger charge is 2.13. The summed E-state index contributed by atoms with van der Waals surface area (Å²) in [5.41, 5.74) is 3.67. The van der Waals surface area contributed by atoms with Gasteiger partial charge in [-0.15, -0.1) is 0 Å². The molecule has 5 heteroatoms. The first-order valence-corrected chi connectivity index (χ1v) is 10.6. The zero-order valence-electron chi connectivity index (χ0n) is 17.3. The van der Waals surface area contributed by atoms with Crippen molar-refractivity contribution in [3.8, 4) is 0 Å². The van der Waals surface area contributed by atoms with Gasteiger partial charge < -0.3 is 15.4 Å². The Bertz CT molecular complexity index is 978. The minimum absolute atomic E-state index is 0.128. The first kappa shape index (κ1) is 20.4. The van der Waals surface area contributed by atoms with Crippen molar-refractivity contribution in [2.45, 2.75) is 19.5 Å². The van der Waals surface area contributed by atoms with E-state index >= 15 is 0 Å². The molecular formula is C25H29N3O2. The summed E-state index contributed by atoms with van der Waals surface area (Å²) in [5, 5.41) is 8.48. The maximum absolute atomic E-state index is 12.3.